The van der Waals surface area contributed by atoms with E-state index < -0.39 is 5.97 Å². The second-order valence-electron chi connectivity index (χ2n) is 5.35. The first kappa shape index (κ1) is 12.0. The predicted molar refractivity (Wildman–Crippen MR) is 68.7 cm³/mol. The summed E-state index contributed by atoms with van der Waals surface area (Å²) in [5, 5.41) is 18.3. The van der Waals surface area contributed by atoms with Crippen molar-refractivity contribution in [3.63, 3.8) is 0 Å². The molecular weight excluding hydrogens is 242 g/mol. The average molecular weight is 257 g/mol. The molecule has 3 atom stereocenters. The molecule has 5 heteroatoms. The molecule has 2 aliphatic heterocycles. The fourth-order valence-corrected chi connectivity index (χ4v) is 3.46. The highest BCUT2D eigenvalue weighted by Gasteiger charge is 2.49. The van der Waals surface area contributed by atoms with E-state index in [-0.39, 0.29) is 18.0 Å². The topological polar surface area (TPSA) is 77.2 Å². The van der Waals surface area contributed by atoms with E-state index in [1.165, 1.54) is 0 Å². The number of carbonyl (C=O) groups is 1. The van der Waals surface area contributed by atoms with E-state index >= 15 is 0 Å². The van der Waals surface area contributed by atoms with Crippen LogP contribution in [0.2, 0.25) is 0 Å². The van der Waals surface area contributed by atoms with Gasteiger partial charge >= 0.3 is 5.97 Å². The molecule has 0 spiro atoms. The maximum Gasteiger partial charge on any atom is 0.308 e. The Morgan fingerprint density at radius 3 is 2.95 bits per heavy atom. The minimum absolute atomic E-state index is 0.0309. The van der Waals surface area contributed by atoms with Crippen molar-refractivity contribution in [3.05, 3.63) is 23.4 Å². The fourth-order valence-electron chi connectivity index (χ4n) is 3.46. The number of carboxylic acids is 1. The van der Waals surface area contributed by atoms with Crippen LogP contribution in [0.25, 0.3) is 0 Å². The minimum atomic E-state index is -0.717. The summed E-state index contributed by atoms with van der Waals surface area (Å²) in [4.78, 5) is 17.9. The summed E-state index contributed by atoms with van der Waals surface area (Å²) in [5.41, 5.74) is 1.38. The van der Waals surface area contributed by atoms with E-state index in [0.717, 1.165) is 24.4 Å². The molecule has 5 nitrogen and oxygen atoms in total. The van der Waals surface area contributed by atoms with Crippen molar-refractivity contribution >= 4 is 11.8 Å². The van der Waals surface area contributed by atoms with Gasteiger partial charge in [0, 0.05) is 17.8 Å². The van der Waals surface area contributed by atoms with Gasteiger partial charge in [-0.05, 0) is 38.3 Å². The van der Waals surface area contributed by atoms with E-state index in [0.29, 0.717) is 12.0 Å². The lowest BCUT2D eigenvalue weighted by Gasteiger charge is -2.24. The molecule has 3 heterocycles. The smallest absolute Gasteiger partial charge is 0.308 e. The molecule has 2 aliphatic rings. The van der Waals surface area contributed by atoms with Gasteiger partial charge in [0.25, 0.3) is 0 Å². The summed E-state index contributed by atoms with van der Waals surface area (Å²) in [6.45, 7) is 1.86. The molecule has 1 aromatic heterocycles. The van der Waals surface area contributed by atoms with Crippen molar-refractivity contribution in [1.29, 1.82) is 5.26 Å². The Balaban J connectivity index is 1.98. The largest absolute Gasteiger partial charge is 0.481 e. The molecule has 1 aromatic rings. The third kappa shape index (κ3) is 1.84. The number of pyridine rings is 1. The molecule has 0 amide bonds. The number of carboxylic acid groups (broad SMARTS) is 1. The van der Waals surface area contributed by atoms with E-state index in [1.807, 2.05) is 6.92 Å². The predicted octanol–water partition coefficient (Wildman–Crippen LogP) is 1.70. The number of nitriles is 1. The number of aliphatic carboxylic acids is 1. The lowest BCUT2D eigenvalue weighted by molar-refractivity contribution is -0.142. The Bertz CT molecular complexity index is 579. The Morgan fingerprint density at radius 2 is 2.32 bits per heavy atom. The van der Waals surface area contributed by atoms with Crippen LogP contribution in [0.4, 0.5) is 5.82 Å². The van der Waals surface area contributed by atoms with Gasteiger partial charge in [-0.3, -0.25) is 4.79 Å². The van der Waals surface area contributed by atoms with Gasteiger partial charge < -0.3 is 10.0 Å². The Morgan fingerprint density at radius 1 is 1.53 bits per heavy atom. The van der Waals surface area contributed by atoms with Crippen LogP contribution in [0.15, 0.2) is 12.1 Å². The molecule has 2 saturated heterocycles. The van der Waals surface area contributed by atoms with Crippen molar-refractivity contribution in [2.75, 3.05) is 4.90 Å². The summed E-state index contributed by atoms with van der Waals surface area (Å²) in [5.74, 6) is -0.259. The van der Waals surface area contributed by atoms with E-state index in [1.54, 1.807) is 12.1 Å². The van der Waals surface area contributed by atoms with Crippen LogP contribution in [0.3, 0.4) is 0 Å². The molecule has 3 rings (SSSR count). The Hall–Kier alpha value is -2.09. The van der Waals surface area contributed by atoms with E-state index in [4.69, 9.17) is 5.26 Å². The molecule has 3 unspecified atom stereocenters. The van der Waals surface area contributed by atoms with Gasteiger partial charge in [-0.2, -0.15) is 5.26 Å². The van der Waals surface area contributed by atoms with Crippen LogP contribution in [-0.2, 0) is 4.79 Å². The molecule has 2 fully saturated rings. The fraction of sp³-hybridized carbons (Fsp3) is 0.500. The maximum atomic E-state index is 11.3. The van der Waals surface area contributed by atoms with Gasteiger partial charge in [-0.1, -0.05) is 0 Å². The molecular formula is C14H15N3O2. The van der Waals surface area contributed by atoms with Crippen LogP contribution in [0, 0.1) is 24.2 Å². The van der Waals surface area contributed by atoms with Crippen LogP contribution >= 0.6 is 0 Å². The Kier molecular flexibility index (Phi) is 2.67. The molecule has 0 radical (unpaired) electrons. The standard InChI is InChI=1S/C14H15N3O2/c1-8-4-9(7-15)5-13(16-8)17-10-2-3-12(17)11(6-10)14(18)19/h4-5,10-12H,2-3,6H2,1H3,(H,18,19). The first-order chi connectivity index (χ1) is 9.10. The van der Waals surface area contributed by atoms with Crippen molar-refractivity contribution < 1.29 is 9.90 Å². The zero-order valence-corrected chi connectivity index (χ0v) is 10.7. The van der Waals surface area contributed by atoms with Gasteiger partial charge in [0.15, 0.2) is 0 Å². The summed E-state index contributed by atoms with van der Waals surface area (Å²) in [7, 11) is 0. The molecule has 19 heavy (non-hydrogen) atoms. The normalized spacial score (nSPS) is 28.4. The summed E-state index contributed by atoms with van der Waals surface area (Å²) in [6.07, 6.45) is 2.61. The third-order valence-corrected chi connectivity index (χ3v) is 4.19. The molecule has 0 aliphatic carbocycles. The lowest BCUT2D eigenvalue weighted by Crippen LogP contribution is -2.33. The second kappa shape index (κ2) is 4.23. The summed E-state index contributed by atoms with van der Waals surface area (Å²) < 4.78 is 0. The zero-order chi connectivity index (χ0) is 13.6. The molecule has 0 aromatic carbocycles. The number of fused-ring (bicyclic) bond motifs is 2. The first-order valence-electron chi connectivity index (χ1n) is 6.50. The van der Waals surface area contributed by atoms with Crippen LogP contribution in [-0.4, -0.2) is 28.1 Å². The number of aromatic nitrogens is 1. The number of anilines is 1. The van der Waals surface area contributed by atoms with Gasteiger partial charge in [-0.15, -0.1) is 0 Å². The number of rotatable bonds is 2. The van der Waals surface area contributed by atoms with Crippen molar-refractivity contribution in [2.24, 2.45) is 5.92 Å². The zero-order valence-electron chi connectivity index (χ0n) is 10.7. The summed E-state index contributed by atoms with van der Waals surface area (Å²) in [6, 6.07) is 5.93. The highest BCUT2D eigenvalue weighted by atomic mass is 16.4. The highest BCUT2D eigenvalue weighted by Crippen LogP contribution is 2.44. The first-order valence-corrected chi connectivity index (χ1v) is 6.50. The van der Waals surface area contributed by atoms with Crippen LogP contribution in [0.5, 0.6) is 0 Å². The minimum Gasteiger partial charge on any atom is -0.481 e. The monoisotopic (exact) mass is 257 g/mol. The molecule has 2 bridgehead atoms. The van der Waals surface area contributed by atoms with Gasteiger partial charge in [-0.25, -0.2) is 4.98 Å². The van der Waals surface area contributed by atoms with Crippen molar-refractivity contribution in [2.45, 2.75) is 38.3 Å². The highest BCUT2D eigenvalue weighted by molar-refractivity contribution is 5.74. The van der Waals surface area contributed by atoms with Crippen LogP contribution < -0.4 is 4.90 Å². The van der Waals surface area contributed by atoms with Crippen LogP contribution in [0.1, 0.15) is 30.5 Å². The number of hydrogen-bond acceptors (Lipinski definition) is 4. The van der Waals surface area contributed by atoms with E-state index in [2.05, 4.69) is 16.0 Å². The number of hydrogen-bond donors (Lipinski definition) is 1. The van der Waals surface area contributed by atoms with Crippen molar-refractivity contribution in [3.8, 4) is 6.07 Å². The lowest BCUT2D eigenvalue weighted by atomic mass is 9.89. The van der Waals surface area contributed by atoms with Crippen molar-refractivity contribution in [1.82, 2.24) is 4.98 Å². The molecule has 1 N–H and O–H groups in total. The molecule has 0 saturated carbocycles. The van der Waals surface area contributed by atoms with Gasteiger partial charge in [0.2, 0.25) is 0 Å². The number of nitrogens with zero attached hydrogens (tertiary/aromatic N) is 3. The SMILES string of the molecule is Cc1cc(C#N)cc(N2C3CCC2C(C(=O)O)C3)n1. The van der Waals surface area contributed by atoms with Gasteiger partial charge in [0.1, 0.15) is 5.82 Å². The van der Waals surface area contributed by atoms with E-state index in [9.17, 15) is 9.90 Å². The quantitative estimate of drug-likeness (QED) is 0.872. The average Bonchev–Trinajstić information content (AvgIpc) is 2.95. The molecule has 98 valence electrons. The second-order valence-corrected chi connectivity index (χ2v) is 5.35. The number of aryl methyl sites for hydroxylation is 1. The Labute approximate surface area is 111 Å². The third-order valence-electron chi connectivity index (χ3n) is 4.19. The van der Waals surface area contributed by atoms with Gasteiger partial charge in [0.05, 0.1) is 17.6 Å². The summed E-state index contributed by atoms with van der Waals surface area (Å²) >= 11 is 0. The maximum absolute atomic E-state index is 11.3.